The van der Waals surface area contributed by atoms with E-state index in [-0.39, 0.29) is 23.1 Å². The Hall–Kier alpha value is -0.550. The first-order valence-corrected chi connectivity index (χ1v) is 7.11. The highest BCUT2D eigenvalue weighted by atomic mass is 79.9. The first-order chi connectivity index (χ1) is 8.77. The van der Waals surface area contributed by atoms with Crippen LogP contribution in [0.2, 0.25) is 5.02 Å². The number of hydrogen-bond acceptors (Lipinski definition) is 1. The third kappa shape index (κ3) is 3.96. The van der Waals surface area contributed by atoms with Crippen molar-refractivity contribution >= 4 is 33.3 Å². The minimum atomic E-state index is -4.43. The zero-order valence-electron chi connectivity index (χ0n) is 9.81. The molecule has 0 heterocycles. The monoisotopic (exact) mass is 354 g/mol. The van der Waals surface area contributed by atoms with Crippen LogP contribution in [0.1, 0.15) is 24.0 Å². The number of rotatable bonds is 4. The summed E-state index contributed by atoms with van der Waals surface area (Å²) in [5, 5.41) is 0.0309. The lowest BCUT2D eigenvalue weighted by Gasteiger charge is -2.12. The number of Topliss-reactive ketones (excluding diaryl/α,β-unsaturated/α-hetero) is 1. The summed E-state index contributed by atoms with van der Waals surface area (Å²) in [6.07, 6.45) is -2.45. The Morgan fingerprint density at radius 2 is 2.00 bits per heavy atom. The molecule has 6 heteroatoms. The normalized spacial score (nSPS) is 17.3. The molecule has 1 fully saturated rings. The molecule has 1 nitrogen and oxygen atoms in total. The number of benzene rings is 1. The van der Waals surface area contributed by atoms with E-state index in [0.717, 1.165) is 25.0 Å². The van der Waals surface area contributed by atoms with Gasteiger partial charge in [-0.3, -0.25) is 4.79 Å². The van der Waals surface area contributed by atoms with Crippen molar-refractivity contribution in [1.82, 2.24) is 0 Å². The van der Waals surface area contributed by atoms with Gasteiger partial charge in [-0.1, -0.05) is 27.5 Å². The number of carbonyl (C=O) groups excluding carboxylic acids is 1. The molecule has 104 valence electrons. The fraction of sp³-hybridized carbons (Fsp3) is 0.462. The fourth-order valence-corrected chi connectivity index (χ4v) is 2.87. The fourth-order valence-electron chi connectivity index (χ4n) is 1.86. The van der Waals surface area contributed by atoms with Crippen molar-refractivity contribution in [3.63, 3.8) is 0 Å². The smallest absolute Gasteiger partial charge is 0.298 e. The Morgan fingerprint density at radius 1 is 1.37 bits per heavy atom. The molecule has 1 atom stereocenters. The van der Waals surface area contributed by atoms with Gasteiger partial charge in [-0.2, -0.15) is 13.2 Å². The molecule has 1 aliphatic carbocycles. The van der Waals surface area contributed by atoms with E-state index < -0.39 is 16.6 Å². The second-order valence-corrected chi connectivity index (χ2v) is 6.24. The highest BCUT2D eigenvalue weighted by Gasteiger charge is 2.34. The van der Waals surface area contributed by atoms with Crippen LogP contribution in [0, 0.1) is 5.92 Å². The van der Waals surface area contributed by atoms with Gasteiger partial charge in [-0.15, -0.1) is 0 Å². The quantitative estimate of drug-likeness (QED) is 0.719. The number of alkyl halides is 4. The lowest BCUT2D eigenvalue weighted by molar-refractivity contribution is -0.137. The topological polar surface area (TPSA) is 17.1 Å². The summed E-state index contributed by atoms with van der Waals surface area (Å²) in [5.41, 5.74) is -0.371. The van der Waals surface area contributed by atoms with Gasteiger partial charge in [0.15, 0.2) is 0 Å². The molecule has 0 amide bonds. The molecule has 1 aromatic rings. The van der Waals surface area contributed by atoms with Crippen molar-refractivity contribution in [1.29, 1.82) is 0 Å². The van der Waals surface area contributed by atoms with Crippen LogP contribution in [0.4, 0.5) is 13.2 Å². The molecule has 0 radical (unpaired) electrons. The molecule has 1 unspecified atom stereocenters. The van der Waals surface area contributed by atoms with Gasteiger partial charge in [0.1, 0.15) is 5.78 Å². The van der Waals surface area contributed by atoms with Gasteiger partial charge in [0, 0.05) is 10.9 Å². The summed E-state index contributed by atoms with van der Waals surface area (Å²) >= 11 is 8.94. The first-order valence-electron chi connectivity index (χ1n) is 5.82. The summed E-state index contributed by atoms with van der Waals surface area (Å²) in [4.78, 5) is 11.3. The SMILES string of the molecule is O=C(C(Br)Cc1cc(Cl)cc(C(F)(F)F)c1)C1CC1. The van der Waals surface area contributed by atoms with Gasteiger partial charge >= 0.3 is 6.18 Å². The number of ketones is 1. The lowest BCUT2D eigenvalue weighted by atomic mass is 10.0. The van der Waals surface area contributed by atoms with Gasteiger partial charge < -0.3 is 0 Å². The Morgan fingerprint density at radius 3 is 2.53 bits per heavy atom. The predicted octanol–water partition coefficient (Wildman–Crippen LogP) is 4.64. The molecule has 2 rings (SSSR count). The Balaban J connectivity index is 2.15. The average Bonchev–Trinajstić information content (AvgIpc) is 3.09. The van der Waals surface area contributed by atoms with Gasteiger partial charge in [-0.25, -0.2) is 0 Å². The van der Waals surface area contributed by atoms with Crippen molar-refractivity contribution in [3.05, 3.63) is 34.3 Å². The Kier molecular flexibility index (Phi) is 4.26. The summed E-state index contributed by atoms with van der Waals surface area (Å²) in [7, 11) is 0. The molecule has 0 aliphatic heterocycles. The second-order valence-electron chi connectivity index (χ2n) is 4.69. The van der Waals surface area contributed by atoms with Crippen molar-refractivity contribution in [2.75, 3.05) is 0 Å². The van der Waals surface area contributed by atoms with Crippen molar-refractivity contribution in [3.8, 4) is 0 Å². The molecule has 1 aliphatic rings. The van der Waals surface area contributed by atoms with Crippen LogP contribution in [-0.4, -0.2) is 10.6 Å². The van der Waals surface area contributed by atoms with Crippen LogP contribution < -0.4 is 0 Å². The highest BCUT2D eigenvalue weighted by molar-refractivity contribution is 9.10. The molecule has 1 aromatic carbocycles. The van der Waals surface area contributed by atoms with E-state index in [1.54, 1.807) is 0 Å². The average molecular weight is 356 g/mol. The van der Waals surface area contributed by atoms with Crippen molar-refractivity contribution < 1.29 is 18.0 Å². The summed E-state index contributed by atoms with van der Waals surface area (Å²) in [5.74, 6) is 0.138. The van der Waals surface area contributed by atoms with E-state index in [4.69, 9.17) is 11.6 Å². The standard InChI is InChI=1S/C13H11BrClF3O/c14-11(12(19)8-1-2-8)5-7-3-9(13(16,17)18)6-10(15)4-7/h3-4,6,8,11H,1-2,5H2. The van der Waals surface area contributed by atoms with E-state index in [2.05, 4.69) is 15.9 Å². The maximum absolute atomic E-state index is 12.6. The van der Waals surface area contributed by atoms with Crippen LogP contribution in [0.3, 0.4) is 0 Å². The first kappa shape index (κ1) is 14.9. The van der Waals surface area contributed by atoms with Crippen LogP contribution in [0.25, 0.3) is 0 Å². The highest BCUT2D eigenvalue weighted by Crippen LogP contribution is 2.35. The third-order valence-corrected chi connectivity index (χ3v) is 3.98. The zero-order valence-corrected chi connectivity index (χ0v) is 12.1. The van der Waals surface area contributed by atoms with Crippen LogP contribution in [0.5, 0.6) is 0 Å². The lowest BCUT2D eigenvalue weighted by Crippen LogP contribution is -2.18. The van der Waals surface area contributed by atoms with Crippen LogP contribution in [0.15, 0.2) is 18.2 Å². The molecule has 19 heavy (non-hydrogen) atoms. The summed E-state index contributed by atoms with van der Waals surface area (Å²) < 4.78 is 37.9. The van der Waals surface area contributed by atoms with E-state index in [0.29, 0.717) is 5.56 Å². The molecule has 0 spiro atoms. The molecule has 0 aromatic heterocycles. The number of carbonyl (C=O) groups is 1. The molecular formula is C13H11BrClF3O. The van der Waals surface area contributed by atoms with Crippen LogP contribution in [-0.2, 0) is 17.4 Å². The van der Waals surface area contributed by atoms with E-state index >= 15 is 0 Å². The zero-order chi connectivity index (χ0) is 14.2. The summed E-state index contributed by atoms with van der Waals surface area (Å²) in [6.45, 7) is 0. The van der Waals surface area contributed by atoms with Crippen LogP contribution >= 0.6 is 27.5 Å². The molecular weight excluding hydrogens is 344 g/mol. The minimum Gasteiger partial charge on any atom is -0.298 e. The number of hydrogen-bond donors (Lipinski definition) is 0. The Labute approximate surface area is 122 Å². The maximum Gasteiger partial charge on any atom is 0.416 e. The van der Waals surface area contributed by atoms with E-state index in [9.17, 15) is 18.0 Å². The largest absolute Gasteiger partial charge is 0.416 e. The third-order valence-electron chi connectivity index (χ3n) is 2.99. The van der Waals surface area contributed by atoms with E-state index in [1.807, 2.05) is 0 Å². The van der Waals surface area contributed by atoms with Gasteiger partial charge in [-0.05, 0) is 43.0 Å². The van der Waals surface area contributed by atoms with Gasteiger partial charge in [0.25, 0.3) is 0 Å². The minimum absolute atomic E-state index is 0.0309. The molecule has 0 N–H and O–H groups in total. The molecule has 1 saturated carbocycles. The Bertz CT molecular complexity index is 497. The van der Waals surface area contributed by atoms with Gasteiger partial charge in [0.2, 0.25) is 0 Å². The molecule has 0 saturated heterocycles. The second kappa shape index (κ2) is 5.44. The summed E-state index contributed by atoms with van der Waals surface area (Å²) in [6, 6.07) is 3.39. The maximum atomic E-state index is 12.6. The van der Waals surface area contributed by atoms with Crippen molar-refractivity contribution in [2.45, 2.75) is 30.3 Å². The molecule has 0 bridgehead atoms. The predicted molar refractivity (Wildman–Crippen MR) is 70.6 cm³/mol. The van der Waals surface area contributed by atoms with Gasteiger partial charge in [0.05, 0.1) is 10.4 Å². The number of halogens is 5. The van der Waals surface area contributed by atoms with E-state index in [1.165, 1.54) is 6.07 Å². The van der Waals surface area contributed by atoms with Crippen molar-refractivity contribution in [2.24, 2.45) is 5.92 Å².